The van der Waals surface area contributed by atoms with Crippen molar-refractivity contribution >= 4 is 17.4 Å². The lowest BCUT2D eigenvalue weighted by Crippen LogP contribution is -3.00. The Morgan fingerprint density at radius 3 is 2.17 bits per heavy atom. The second-order valence-electron chi connectivity index (χ2n) is 3.42. The van der Waals surface area contributed by atoms with Gasteiger partial charge >= 0.3 is 0 Å². The van der Waals surface area contributed by atoms with E-state index in [9.17, 15) is 4.79 Å². The zero-order chi connectivity index (χ0) is 9.07. The van der Waals surface area contributed by atoms with Gasteiger partial charge in [-0.05, 0) is 12.5 Å². The summed E-state index contributed by atoms with van der Waals surface area (Å²) in [6.45, 7) is 5.72. The van der Waals surface area contributed by atoms with E-state index in [0.29, 0.717) is 22.6 Å². The molecule has 0 amide bonds. The maximum absolute atomic E-state index is 11.1. The molecule has 12 heavy (non-hydrogen) atoms. The molecule has 4 heteroatoms. The average molecular weight is 212 g/mol. The molecule has 0 aliphatic rings. The molecule has 0 aliphatic heterocycles. The van der Waals surface area contributed by atoms with Crippen LogP contribution in [0.4, 0.5) is 0 Å². The fraction of sp³-hybridized carbons (Fsp3) is 0.625. The standard InChI is InChI=1S/C8H15ClNO.ClH/c1-7(2)8(11)5-10(3,4)6-9;/h1,5-6H2,2-4H3;1H/q+1;/p-1. The molecule has 0 heterocycles. The molecule has 0 spiro atoms. The van der Waals surface area contributed by atoms with Gasteiger partial charge in [-0.3, -0.25) is 4.79 Å². The van der Waals surface area contributed by atoms with E-state index in [1.807, 2.05) is 14.1 Å². The first kappa shape index (κ1) is 14.5. The average Bonchev–Trinajstić information content (AvgIpc) is 1.87. The Morgan fingerprint density at radius 2 is 1.92 bits per heavy atom. The van der Waals surface area contributed by atoms with Gasteiger partial charge in [-0.15, -0.1) is 0 Å². The summed E-state index contributed by atoms with van der Waals surface area (Å²) in [5.41, 5.74) is 0.598. The van der Waals surface area contributed by atoms with Crippen LogP contribution in [0, 0.1) is 0 Å². The minimum atomic E-state index is 0. The molecule has 0 bridgehead atoms. The number of ketones is 1. The van der Waals surface area contributed by atoms with Crippen LogP contribution in [0.2, 0.25) is 0 Å². The molecule has 0 aromatic rings. The predicted octanol–water partition coefficient (Wildman–Crippen LogP) is -1.59. The Bertz CT molecular complexity index is 178. The van der Waals surface area contributed by atoms with Crippen LogP contribution >= 0.6 is 11.6 Å². The molecule has 2 nitrogen and oxygen atoms in total. The van der Waals surface area contributed by atoms with Gasteiger partial charge in [0, 0.05) is 0 Å². The Kier molecular flexibility index (Phi) is 6.72. The molecule has 0 saturated carbocycles. The summed E-state index contributed by atoms with van der Waals surface area (Å²) in [7, 11) is 3.82. The Labute approximate surface area is 85.2 Å². The smallest absolute Gasteiger partial charge is 0.212 e. The quantitative estimate of drug-likeness (QED) is 0.237. The van der Waals surface area contributed by atoms with Gasteiger partial charge in [-0.1, -0.05) is 18.2 Å². The third kappa shape index (κ3) is 5.58. The van der Waals surface area contributed by atoms with Crippen molar-refractivity contribution < 1.29 is 21.7 Å². The van der Waals surface area contributed by atoms with E-state index in [0.717, 1.165) is 0 Å². The third-order valence-corrected chi connectivity index (χ3v) is 2.02. The minimum Gasteiger partial charge on any atom is -1.00 e. The van der Waals surface area contributed by atoms with Crippen LogP contribution in [0.1, 0.15) is 6.92 Å². The molecule has 0 fully saturated rings. The lowest BCUT2D eigenvalue weighted by atomic mass is 10.2. The highest BCUT2D eigenvalue weighted by molar-refractivity contribution is 6.17. The number of likely N-dealkylation sites (N-methyl/N-ethyl adjacent to an activating group) is 1. The van der Waals surface area contributed by atoms with Crippen molar-refractivity contribution in [3.8, 4) is 0 Å². The van der Waals surface area contributed by atoms with E-state index in [-0.39, 0.29) is 18.2 Å². The number of alkyl halides is 1. The van der Waals surface area contributed by atoms with Gasteiger partial charge in [0.1, 0.15) is 6.54 Å². The number of Topliss-reactive ketones (excluding diaryl/α,β-unsaturated/α-hetero) is 1. The molecule has 0 rings (SSSR count). The number of nitrogens with zero attached hydrogens (tertiary/aromatic N) is 1. The molecule has 0 aromatic carbocycles. The van der Waals surface area contributed by atoms with E-state index in [4.69, 9.17) is 11.6 Å². The van der Waals surface area contributed by atoms with Gasteiger partial charge in [-0.2, -0.15) is 0 Å². The van der Waals surface area contributed by atoms with Crippen molar-refractivity contribution in [2.45, 2.75) is 6.92 Å². The number of halogens is 2. The van der Waals surface area contributed by atoms with Gasteiger partial charge in [0.15, 0.2) is 6.00 Å². The van der Waals surface area contributed by atoms with Crippen molar-refractivity contribution in [2.24, 2.45) is 0 Å². The van der Waals surface area contributed by atoms with Crippen LogP contribution in [-0.4, -0.2) is 36.9 Å². The summed E-state index contributed by atoms with van der Waals surface area (Å²) in [6, 6.07) is 0.443. The minimum absolute atomic E-state index is 0. The van der Waals surface area contributed by atoms with E-state index in [1.165, 1.54) is 0 Å². The molecular weight excluding hydrogens is 197 g/mol. The fourth-order valence-electron chi connectivity index (χ4n) is 0.566. The van der Waals surface area contributed by atoms with Crippen LogP contribution in [0.25, 0.3) is 0 Å². The van der Waals surface area contributed by atoms with Crippen LogP contribution in [0.15, 0.2) is 12.2 Å². The largest absolute Gasteiger partial charge is 1.00 e. The first-order valence-corrected chi connectivity index (χ1v) is 3.99. The summed E-state index contributed by atoms with van der Waals surface area (Å²) >= 11 is 5.63. The lowest BCUT2D eigenvalue weighted by molar-refractivity contribution is -0.870. The van der Waals surface area contributed by atoms with Crippen molar-refractivity contribution in [2.75, 3.05) is 26.6 Å². The van der Waals surface area contributed by atoms with E-state index in [1.54, 1.807) is 6.92 Å². The highest BCUT2D eigenvalue weighted by atomic mass is 35.5. The number of rotatable bonds is 4. The highest BCUT2D eigenvalue weighted by Gasteiger charge is 2.18. The Balaban J connectivity index is 0. The summed E-state index contributed by atoms with van der Waals surface area (Å²) in [5, 5.41) is 0. The zero-order valence-corrected chi connectivity index (χ0v) is 9.24. The normalized spacial score (nSPS) is 10.3. The second kappa shape index (κ2) is 5.57. The van der Waals surface area contributed by atoms with Gasteiger partial charge in [0.25, 0.3) is 0 Å². The molecule has 72 valence electrons. The fourth-order valence-corrected chi connectivity index (χ4v) is 0.650. The number of carbonyl (C=O) groups excluding carboxylic acids is 1. The number of hydrogen-bond donors (Lipinski definition) is 0. The summed E-state index contributed by atoms with van der Waals surface area (Å²) < 4.78 is 0.507. The van der Waals surface area contributed by atoms with E-state index in [2.05, 4.69) is 6.58 Å². The molecule has 0 N–H and O–H groups in total. The topological polar surface area (TPSA) is 17.1 Å². The number of carbonyl (C=O) groups is 1. The summed E-state index contributed by atoms with van der Waals surface area (Å²) in [5.74, 6) is 0.0793. The van der Waals surface area contributed by atoms with Crippen LogP contribution in [-0.2, 0) is 4.79 Å². The van der Waals surface area contributed by atoms with Crippen LogP contribution < -0.4 is 12.4 Å². The first-order chi connectivity index (χ1) is 4.89. The van der Waals surface area contributed by atoms with Gasteiger partial charge < -0.3 is 16.9 Å². The molecule has 0 atom stereocenters. The van der Waals surface area contributed by atoms with Gasteiger partial charge in [0.2, 0.25) is 5.78 Å². The predicted molar refractivity (Wildman–Crippen MR) is 47.5 cm³/mol. The SMILES string of the molecule is C=C(C)C(=O)C[N+](C)(C)CCl.[Cl-]. The molecule has 0 aliphatic carbocycles. The van der Waals surface area contributed by atoms with Crippen molar-refractivity contribution in [3.63, 3.8) is 0 Å². The second-order valence-corrected chi connectivity index (χ2v) is 3.66. The summed E-state index contributed by atoms with van der Waals surface area (Å²) in [6.07, 6.45) is 0. The lowest BCUT2D eigenvalue weighted by Gasteiger charge is -2.25. The van der Waals surface area contributed by atoms with Crippen molar-refractivity contribution in [1.29, 1.82) is 0 Å². The monoisotopic (exact) mass is 211 g/mol. The first-order valence-electron chi connectivity index (χ1n) is 3.46. The summed E-state index contributed by atoms with van der Waals surface area (Å²) in [4.78, 5) is 11.1. The number of hydrogen-bond acceptors (Lipinski definition) is 1. The van der Waals surface area contributed by atoms with Crippen molar-refractivity contribution in [3.05, 3.63) is 12.2 Å². The van der Waals surface area contributed by atoms with E-state index >= 15 is 0 Å². The Morgan fingerprint density at radius 1 is 1.50 bits per heavy atom. The van der Waals surface area contributed by atoms with Gasteiger partial charge in [0.05, 0.1) is 14.1 Å². The zero-order valence-electron chi connectivity index (χ0n) is 7.73. The highest BCUT2D eigenvalue weighted by Crippen LogP contribution is 2.02. The maximum atomic E-state index is 11.1. The molecule has 0 aromatic heterocycles. The maximum Gasteiger partial charge on any atom is 0.212 e. The van der Waals surface area contributed by atoms with Crippen molar-refractivity contribution in [1.82, 2.24) is 0 Å². The molecule has 0 radical (unpaired) electrons. The van der Waals surface area contributed by atoms with Crippen LogP contribution in [0.3, 0.4) is 0 Å². The number of quaternary nitrogens is 1. The van der Waals surface area contributed by atoms with Gasteiger partial charge in [-0.25, -0.2) is 0 Å². The van der Waals surface area contributed by atoms with Crippen LogP contribution in [0.5, 0.6) is 0 Å². The molecular formula is C8H15Cl2NO. The molecule has 0 saturated heterocycles. The molecule has 0 unspecified atom stereocenters. The third-order valence-electron chi connectivity index (χ3n) is 1.37. The Hall–Kier alpha value is -0.0500. The van der Waals surface area contributed by atoms with E-state index < -0.39 is 0 Å².